The summed E-state index contributed by atoms with van der Waals surface area (Å²) >= 11 is 0. The molecule has 0 aromatic heterocycles. The standard InChI is InChI=1S/C47H46FN5O6/c48-47(27-50-23-31-21-38-39(22-32(31)24-50)46(59)53(45(38)58)40-14-15-41(55)49-43(40)56)16-18-51(19-17-47)44(57)33-25-52(26-33)34-9-6-29(7-10-34)42-36(28-4-2-1-3-5-28)12-8-30-20-35(54)11-13-37(30)42/h1-7,9-11,13,20-22,33,36,40,42,54H,8,12,14-19,23-27H2,(H,49,55,56)/t36-,40?,42+/m1/s1. The van der Waals surface area contributed by atoms with Gasteiger partial charge < -0.3 is 14.9 Å². The number of aryl methyl sites for hydroxylation is 1. The molecule has 4 aromatic rings. The lowest BCUT2D eigenvalue weighted by Crippen LogP contribution is -2.57. The third-order valence-electron chi connectivity index (χ3n) is 13.7. The van der Waals surface area contributed by atoms with Gasteiger partial charge in [-0.05, 0) is 95.0 Å². The van der Waals surface area contributed by atoms with E-state index in [0.717, 1.165) is 34.6 Å². The van der Waals surface area contributed by atoms with Gasteiger partial charge in [-0.3, -0.25) is 39.1 Å². The second-order valence-corrected chi connectivity index (χ2v) is 17.3. The molecule has 0 saturated carbocycles. The second-order valence-electron chi connectivity index (χ2n) is 17.3. The number of hydrogen-bond acceptors (Lipinski definition) is 8. The smallest absolute Gasteiger partial charge is 0.262 e. The predicted octanol–water partition coefficient (Wildman–Crippen LogP) is 5.44. The number of halogens is 1. The number of carbonyl (C=O) groups is 5. The largest absolute Gasteiger partial charge is 0.508 e. The highest BCUT2D eigenvalue weighted by Gasteiger charge is 2.47. The molecule has 2 N–H and O–H groups in total. The molecule has 1 aliphatic carbocycles. The molecule has 4 aromatic carbocycles. The molecule has 5 amide bonds. The molecular formula is C47H46FN5O6. The summed E-state index contributed by atoms with van der Waals surface area (Å²) in [6.45, 7) is 3.02. The van der Waals surface area contributed by atoms with Gasteiger partial charge in [-0.15, -0.1) is 0 Å². The number of benzene rings is 4. The van der Waals surface area contributed by atoms with Gasteiger partial charge in [-0.1, -0.05) is 48.5 Å². The monoisotopic (exact) mass is 795 g/mol. The number of nitrogens with one attached hydrogen (secondary N) is 1. The summed E-state index contributed by atoms with van der Waals surface area (Å²) in [4.78, 5) is 71.3. The number of phenols is 1. The number of nitrogens with zero attached hydrogens (tertiary/aromatic N) is 4. The summed E-state index contributed by atoms with van der Waals surface area (Å²) in [6.07, 6.45) is 2.56. The highest BCUT2D eigenvalue weighted by molar-refractivity contribution is 6.23. The minimum absolute atomic E-state index is 0.0586. The Labute approximate surface area is 341 Å². The number of amides is 5. The fourth-order valence-corrected chi connectivity index (χ4v) is 10.5. The third-order valence-corrected chi connectivity index (χ3v) is 13.7. The maximum absolute atomic E-state index is 16.4. The number of alkyl halides is 1. The first-order valence-electron chi connectivity index (χ1n) is 20.8. The molecule has 59 heavy (non-hydrogen) atoms. The van der Waals surface area contributed by atoms with E-state index in [-0.39, 0.29) is 61.1 Å². The van der Waals surface area contributed by atoms with Gasteiger partial charge in [-0.2, -0.15) is 0 Å². The molecule has 0 spiro atoms. The maximum Gasteiger partial charge on any atom is 0.262 e. The van der Waals surface area contributed by atoms with Gasteiger partial charge in [0.15, 0.2) is 0 Å². The number of imide groups is 2. The van der Waals surface area contributed by atoms with Crippen LogP contribution in [-0.4, -0.2) is 93.8 Å². The van der Waals surface area contributed by atoms with Gasteiger partial charge in [0, 0.05) is 76.7 Å². The third kappa shape index (κ3) is 6.67. The van der Waals surface area contributed by atoms with Gasteiger partial charge in [0.05, 0.1) is 17.0 Å². The van der Waals surface area contributed by atoms with Crippen molar-refractivity contribution in [2.24, 2.45) is 5.92 Å². The molecule has 11 nitrogen and oxygen atoms in total. The van der Waals surface area contributed by atoms with E-state index in [9.17, 15) is 29.1 Å². The molecule has 0 bridgehead atoms. The number of piperidine rings is 2. The Kier molecular flexibility index (Phi) is 9.15. The van der Waals surface area contributed by atoms with Gasteiger partial charge in [0.1, 0.15) is 17.5 Å². The van der Waals surface area contributed by atoms with Crippen LogP contribution in [0.25, 0.3) is 0 Å². The molecule has 5 heterocycles. The van der Waals surface area contributed by atoms with Crippen LogP contribution in [0.15, 0.2) is 84.9 Å². The molecule has 10 rings (SSSR count). The zero-order valence-electron chi connectivity index (χ0n) is 32.7. The van der Waals surface area contributed by atoms with Gasteiger partial charge in [0.25, 0.3) is 11.8 Å². The summed E-state index contributed by atoms with van der Waals surface area (Å²) in [5, 5.41) is 12.4. The fraction of sp³-hybridized carbons (Fsp3) is 0.383. The van der Waals surface area contributed by atoms with E-state index >= 15 is 4.39 Å². The van der Waals surface area contributed by atoms with Crippen LogP contribution >= 0.6 is 0 Å². The summed E-state index contributed by atoms with van der Waals surface area (Å²) in [5.41, 5.74) is 6.79. The van der Waals surface area contributed by atoms with E-state index in [0.29, 0.717) is 50.9 Å². The summed E-state index contributed by atoms with van der Waals surface area (Å²) < 4.78 is 16.4. The average molecular weight is 796 g/mol. The highest BCUT2D eigenvalue weighted by atomic mass is 19.1. The summed E-state index contributed by atoms with van der Waals surface area (Å²) in [7, 11) is 0. The summed E-state index contributed by atoms with van der Waals surface area (Å²) in [5.74, 6) is -1.42. The molecule has 3 fully saturated rings. The summed E-state index contributed by atoms with van der Waals surface area (Å²) in [6, 6.07) is 27.5. The number of anilines is 1. The SMILES string of the molecule is O=C1CCC(N2C(=O)c3cc4c(cc3C2=O)CN(CC2(F)CCN(C(=O)C3CN(c5ccc([C@@H]6c7ccc(O)cc7CC[C@@H]6c6ccccc6)cc5)C3)CC2)C4)C(=O)N1. The Balaban J connectivity index is 0.729. The number of carbonyl (C=O) groups excluding carboxylic acids is 5. The van der Waals surface area contributed by atoms with Crippen molar-refractivity contribution in [2.75, 3.05) is 37.6 Å². The van der Waals surface area contributed by atoms with Crippen molar-refractivity contribution in [1.29, 1.82) is 0 Å². The minimum Gasteiger partial charge on any atom is -0.508 e. The Hall–Kier alpha value is -5.88. The topological polar surface area (TPSA) is 131 Å². The van der Waals surface area contributed by atoms with Crippen molar-refractivity contribution in [2.45, 2.75) is 75.2 Å². The quantitative estimate of drug-likeness (QED) is 0.237. The van der Waals surface area contributed by atoms with E-state index in [4.69, 9.17) is 0 Å². The van der Waals surface area contributed by atoms with Crippen LogP contribution in [0, 0.1) is 5.92 Å². The first kappa shape index (κ1) is 37.4. The zero-order valence-corrected chi connectivity index (χ0v) is 32.7. The zero-order chi connectivity index (χ0) is 40.6. The highest BCUT2D eigenvalue weighted by Crippen LogP contribution is 2.47. The van der Waals surface area contributed by atoms with Crippen molar-refractivity contribution < 1.29 is 33.5 Å². The van der Waals surface area contributed by atoms with Crippen molar-refractivity contribution >= 4 is 35.2 Å². The van der Waals surface area contributed by atoms with Crippen molar-refractivity contribution in [3.05, 3.63) is 129 Å². The number of likely N-dealkylation sites (tertiary alicyclic amines) is 1. The first-order chi connectivity index (χ1) is 28.5. The molecular weight excluding hydrogens is 750 g/mol. The van der Waals surface area contributed by atoms with Crippen LogP contribution in [0.5, 0.6) is 5.75 Å². The van der Waals surface area contributed by atoms with Gasteiger partial charge in [-0.25, -0.2) is 4.39 Å². The fourth-order valence-electron chi connectivity index (χ4n) is 10.5. The molecule has 3 saturated heterocycles. The van der Waals surface area contributed by atoms with Crippen LogP contribution in [0.3, 0.4) is 0 Å². The number of phenolic OH excluding ortho intramolecular Hbond substituents is 1. The van der Waals surface area contributed by atoms with E-state index in [1.165, 1.54) is 22.3 Å². The van der Waals surface area contributed by atoms with E-state index in [1.54, 1.807) is 18.2 Å². The van der Waals surface area contributed by atoms with Crippen LogP contribution < -0.4 is 10.2 Å². The normalized spacial score (nSPS) is 24.1. The molecule has 6 aliphatic rings. The predicted molar refractivity (Wildman–Crippen MR) is 216 cm³/mol. The lowest BCUT2D eigenvalue weighted by Gasteiger charge is -2.44. The van der Waals surface area contributed by atoms with Crippen LogP contribution in [0.4, 0.5) is 10.1 Å². The van der Waals surface area contributed by atoms with Gasteiger partial charge in [0.2, 0.25) is 17.7 Å². The lowest BCUT2D eigenvalue weighted by atomic mass is 9.69. The van der Waals surface area contributed by atoms with Crippen LogP contribution in [0.2, 0.25) is 0 Å². The van der Waals surface area contributed by atoms with Crippen molar-refractivity contribution in [3.8, 4) is 5.75 Å². The Morgan fingerprint density at radius 2 is 1.46 bits per heavy atom. The molecule has 12 heteroatoms. The first-order valence-corrected chi connectivity index (χ1v) is 20.8. The number of aromatic hydroxyl groups is 1. The van der Waals surface area contributed by atoms with Gasteiger partial charge >= 0.3 is 0 Å². The maximum atomic E-state index is 16.4. The Bertz CT molecular complexity index is 2340. The van der Waals surface area contributed by atoms with E-state index < -0.39 is 35.3 Å². The van der Waals surface area contributed by atoms with Crippen LogP contribution in [-0.2, 0) is 33.9 Å². The average Bonchev–Trinajstić information content (AvgIpc) is 3.71. The van der Waals surface area contributed by atoms with Crippen molar-refractivity contribution in [1.82, 2.24) is 20.0 Å². The Morgan fingerprint density at radius 3 is 2.12 bits per heavy atom. The molecule has 5 aliphatic heterocycles. The number of hydrogen-bond donors (Lipinski definition) is 2. The molecule has 1 unspecified atom stereocenters. The lowest BCUT2D eigenvalue weighted by molar-refractivity contribution is -0.139. The Morgan fingerprint density at radius 1 is 0.780 bits per heavy atom. The minimum atomic E-state index is -1.47. The second kappa shape index (κ2) is 14.4. The van der Waals surface area contributed by atoms with E-state index in [2.05, 4.69) is 64.8 Å². The number of fused-ring (bicyclic) bond motifs is 3. The molecule has 0 radical (unpaired) electrons. The van der Waals surface area contributed by atoms with Crippen LogP contribution in [0.1, 0.15) is 98.0 Å². The number of rotatable bonds is 7. The van der Waals surface area contributed by atoms with Crippen molar-refractivity contribution in [3.63, 3.8) is 0 Å². The molecule has 3 atom stereocenters. The molecule has 302 valence electrons. The van der Waals surface area contributed by atoms with E-state index in [1.807, 2.05) is 21.9 Å².